The lowest BCUT2D eigenvalue weighted by Gasteiger charge is -2.43. The van der Waals surface area contributed by atoms with E-state index >= 15 is 0 Å². The number of hydroxylamine groups is 2. The number of thioether (sulfide) groups is 1. The van der Waals surface area contributed by atoms with Gasteiger partial charge in [0.2, 0.25) is 5.82 Å². The molecule has 0 amide bonds. The number of nitrogens with zero attached hydrogens (tertiary/aromatic N) is 5. The first-order valence-corrected chi connectivity index (χ1v) is 8.23. The summed E-state index contributed by atoms with van der Waals surface area (Å²) in [4.78, 5) is 4.63. The molecule has 108 valence electrons. The van der Waals surface area contributed by atoms with Gasteiger partial charge in [0.05, 0.1) is 19.2 Å². The molecule has 0 bridgehead atoms. The lowest BCUT2D eigenvalue weighted by atomic mass is 10.3. The third-order valence-electron chi connectivity index (χ3n) is 3.76. The molecule has 0 N–H and O–H groups in total. The molecule has 20 heavy (non-hydrogen) atoms. The van der Waals surface area contributed by atoms with Crippen LogP contribution in [0.3, 0.4) is 0 Å². The normalized spacial score (nSPS) is 18.6. The highest BCUT2D eigenvalue weighted by Gasteiger charge is 2.27. The third kappa shape index (κ3) is 2.19. The van der Waals surface area contributed by atoms with Crippen molar-refractivity contribution in [3.63, 3.8) is 0 Å². The predicted octanol–water partition coefficient (Wildman–Crippen LogP) is 1.80. The molecule has 0 aliphatic carbocycles. The standard InChI is InChI=1S/C13H19N5OS/c1-3-10-14-13(18(19)5-7-20-8-6-18)9-12-16-15-11(4-2)17(10)12/h9H,3-8H2,1-2H3. The molecule has 2 aromatic rings. The molecule has 1 aliphatic heterocycles. The van der Waals surface area contributed by atoms with Crippen molar-refractivity contribution in [2.75, 3.05) is 24.6 Å². The molecule has 1 saturated heterocycles. The number of aryl methyl sites for hydroxylation is 2. The highest BCUT2D eigenvalue weighted by Crippen LogP contribution is 2.26. The minimum absolute atomic E-state index is 0.329. The van der Waals surface area contributed by atoms with Gasteiger partial charge in [-0.3, -0.25) is 4.40 Å². The summed E-state index contributed by atoms with van der Waals surface area (Å²) in [5, 5.41) is 21.3. The number of fused-ring (bicyclic) bond motifs is 1. The summed E-state index contributed by atoms with van der Waals surface area (Å²) in [6.07, 6.45) is 1.58. The second-order valence-electron chi connectivity index (χ2n) is 5.00. The molecule has 1 fully saturated rings. The van der Waals surface area contributed by atoms with Crippen LogP contribution in [0, 0.1) is 5.21 Å². The number of hydrogen-bond acceptors (Lipinski definition) is 5. The van der Waals surface area contributed by atoms with E-state index in [1.54, 1.807) is 0 Å². The molecule has 7 heteroatoms. The highest BCUT2D eigenvalue weighted by molar-refractivity contribution is 7.99. The molecule has 0 saturated carbocycles. The Morgan fingerprint density at radius 3 is 2.55 bits per heavy atom. The Hall–Kier alpha value is -1.18. The molecule has 0 radical (unpaired) electrons. The first kappa shape index (κ1) is 13.8. The second kappa shape index (κ2) is 5.31. The van der Waals surface area contributed by atoms with E-state index in [0.717, 1.165) is 41.6 Å². The number of aromatic nitrogens is 4. The van der Waals surface area contributed by atoms with Gasteiger partial charge in [-0.25, -0.2) is 0 Å². The van der Waals surface area contributed by atoms with E-state index in [1.807, 2.05) is 36.1 Å². The van der Waals surface area contributed by atoms with E-state index in [-0.39, 0.29) is 4.65 Å². The van der Waals surface area contributed by atoms with Crippen LogP contribution in [0.1, 0.15) is 25.5 Å². The molecule has 0 aromatic carbocycles. The van der Waals surface area contributed by atoms with Gasteiger partial charge in [-0.15, -0.1) is 10.2 Å². The molecule has 2 aromatic heterocycles. The van der Waals surface area contributed by atoms with Crippen molar-refractivity contribution >= 4 is 23.2 Å². The molecule has 1 aliphatic rings. The molecule has 6 nitrogen and oxygen atoms in total. The number of hydrogen-bond donors (Lipinski definition) is 0. The Morgan fingerprint density at radius 2 is 1.90 bits per heavy atom. The Morgan fingerprint density at radius 1 is 1.20 bits per heavy atom. The van der Waals surface area contributed by atoms with Crippen molar-refractivity contribution in [2.45, 2.75) is 26.7 Å². The lowest BCUT2D eigenvalue weighted by Crippen LogP contribution is -2.50. The van der Waals surface area contributed by atoms with Crippen molar-refractivity contribution in [2.24, 2.45) is 0 Å². The van der Waals surface area contributed by atoms with Crippen LogP contribution >= 0.6 is 11.8 Å². The maximum absolute atomic E-state index is 12.9. The van der Waals surface area contributed by atoms with E-state index in [9.17, 15) is 5.21 Å². The SMILES string of the molecule is CCc1nnc2cc([N+]3([O-])CCSCC3)nc(CC)n12. The van der Waals surface area contributed by atoms with Crippen molar-refractivity contribution in [3.05, 3.63) is 22.9 Å². The first-order chi connectivity index (χ1) is 9.68. The summed E-state index contributed by atoms with van der Waals surface area (Å²) < 4.78 is 1.65. The minimum atomic E-state index is -0.329. The Balaban J connectivity index is 2.13. The molecule has 3 heterocycles. The Kier molecular flexibility index (Phi) is 3.66. The first-order valence-electron chi connectivity index (χ1n) is 7.08. The molecular formula is C13H19N5OS. The van der Waals surface area contributed by atoms with Gasteiger partial charge in [0.25, 0.3) is 0 Å². The molecule has 0 unspecified atom stereocenters. The maximum Gasteiger partial charge on any atom is 0.233 e. The van der Waals surface area contributed by atoms with Gasteiger partial charge in [-0.1, -0.05) is 13.8 Å². The number of quaternary nitrogens is 1. The smallest absolute Gasteiger partial charge is 0.233 e. The van der Waals surface area contributed by atoms with Gasteiger partial charge in [-0.2, -0.15) is 16.7 Å². The fourth-order valence-electron chi connectivity index (χ4n) is 2.58. The average molecular weight is 293 g/mol. The molecule has 0 spiro atoms. The average Bonchev–Trinajstić information content (AvgIpc) is 2.90. The van der Waals surface area contributed by atoms with Crippen LogP contribution < -0.4 is 4.65 Å². The topological polar surface area (TPSA) is 66.1 Å². The van der Waals surface area contributed by atoms with Gasteiger partial charge in [0.1, 0.15) is 11.6 Å². The Bertz CT molecular complexity index is 620. The van der Waals surface area contributed by atoms with Crippen LogP contribution in [0.4, 0.5) is 5.82 Å². The summed E-state index contributed by atoms with van der Waals surface area (Å²) in [5.41, 5.74) is 0.746. The zero-order chi connectivity index (χ0) is 14.2. The zero-order valence-corrected chi connectivity index (χ0v) is 12.7. The van der Waals surface area contributed by atoms with E-state index in [4.69, 9.17) is 0 Å². The molecule has 0 atom stereocenters. The summed E-state index contributed by atoms with van der Waals surface area (Å²) in [6.45, 7) is 5.27. The summed E-state index contributed by atoms with van der Waals surface area (Å²) in [7, 11) is 0. The summed E-state index contributed by atoms with van der Waals surface area (Å²) in [5.74, 6) is 4.16. The summed E-state index contributed by atoms with van der Waals surface area (Å²) >= 11 is 1.84. The molecular weight excluding hydrogens is 274 g/mol. The van der Waals surface area contributed by atoms with Gasteiger partial charge in [-0.05, 0) is 0 Å². The third-order valence-corrected chi connectivity index (χ3v) is 4.70. The van der Waals surface area contributed by atoms with Gasteiger partial charge in [0.15, 0.2) is 5.65 Å². The zero-order valence-electron chi connectivity index (χ0n) is 11.9. The minimum Gasteiger partial charge on any atom is -0.626 e. The van der Waals surface area contributed by atoms with Gasteiger partial charge in [0, 0.05) is 24.3 Å². The monoisotopic (exact) mass is 293 g/mol. The van der Waals surface area contributed by atoms with Crippen LogP contribution in [0.15, 0.2) is 6.07 Å². The van der Waals surface area contributed by atoms with Crippen LogP contribution in [0.25, 0.3) is 5.65 Å². The van der Waals surface area contributed by atoms with Crippen LogP contribution in [0.5, 0.6) is 0 Å². The predicted molar refractivity (Wildman–Crippen MR) is 81.8 cm³/mol. The van der Waals surface area contributed by atoms with E-state index in [1.165, 1.54) is 0 Å². The van der Waals surface area contributed by atoms with Crippen molar-refractivity contribution in [3.8, 4) is 0 Å². The fourth-order valence-corrected chi connectivity index (χ4v) is 3.63. The summed E-state index contributed by atoms with van der Waals surface area (Å²) in [6, 6.07) is 1.81. The number of rotatable bonds is 3. The van der Waals surface area contributed by atoms with Gasteiger partial charge < -0.3 is 9.85 Å². The van der Waals surface area contributed by atoms with Crippen LogP contribution in [0.2, 0.25) is 0 Å². The van der Waals surface area contributed by atoms with Gasteiger partial charge >= 0.3 is 0 Å². The highest BCUT2D eigenvalue weighted by atomic mass is 32.2. The fraction of sp³-hybridized carbons (Fsp3) is 0.615. The Labute approximate surface area is 122 Å². The van der Waals surface area contributed by atoms with Crippen molar-refractivity contribution < 1.29 is 0 Å². The van der Waals surface area contributed by atoms with Crippen LogP contribution in [-0.4, -0.2) is 44.2 Å². The van der Waals surface area contributed by atoms with Crippen molar-refractivity contribution in [1.29, 1.82) is 0 Å². The van der Waals surface area contributed by atoms with Crippen molar-refractivity contribution in [1.82, 2.24) is 24.2 Å². The van der Waals surface area contributed by atoms with E-state index in [0.29, 0.717) is 18.9 Å². The maximum atomic E-state index is 12.9. The van der Waals surface area contributed by atoms with Crippen LogP contribution in [-0.2, 0) is 12.8 Å². The quantitative estimate of drug-likeness (QED) is 0.637. The van der Waals surface area contributed by atoms with E-state index in [2.05, 4.69) is 15.2 Å². The second-order valence-corrected chi connectivity index (χ2v) is 6.22. The largest absolute Gasteiger partial charge is 0.626 e. The molecule has 3 rings (SSSR count). The van der Waals surface area contributed by atoms with E-state index < -0.39 is 0 Å². The lowest BCUT2D eigenvalue weighted by molar-refractivity contribution is 0.396.